The van der Waals surface area contributed by atoms with Crippen molar-refractivity contribution in [3.8, 4) is 0 Å². The summed E-state index contributed by atoms with van der Waals surface area (Å²) in [6.45, 7) is 9.45. The summed E-state index contributed by atoms with van der Waals surface area (Å²) in [4.78, 5) is 4.73. The molecule has 112 valence electrons. The third kappa shape index (κ3) is 3.95. The molecule has 1 aliphatic heterocycles. The van der Waals surface area contributed by atoms with E-state index in [9.17, 15) is 5.11 Å². The normalized spacial score (nSPS) is 18.3. The van der Waals surface area contributed by atoms with E-state index >= 15 is 0 Å². The Balaban J connectivity index is 1.86. The number of ether oxygens (including phenoxy) is 1. The van der Waals surface area contributed by atoms with E-state index in [0.29, 0.717) is 13.2 Å². The van der Waals surface area contributed by atoms with Crippen LogP contribution in [0.4, 0.5) is 5.69 Å². The van der Waals surface area contributed by atoms with Crippen molar-refractivity contribution in [2.45, 2.75) is 20.0 Å². The highest BCUT2D eigenvalue weighted by Crippen LogP contribution is 2.20. The molecular formula is C16H26N2O2. The van der Waals surface area contributed by atoms with Crippen LogP contribution < -0.4 is 4.90 Å². The predicted octanol–water partition coefficient (Wildman–Crippen LogP) is 1.43. The zero-order chi connectivity index (χ0) is 14.5. The fourth-order valence-corrected chi connectivity index (χ4v) is 2.65. The fraction of sp³-hybridized carbons (Fsp3) is 0.625. The molecule has 1 aliphatic rings. The number of aliphatic hydroxyl groups is 1. The first kappa shape index (κ1) is 15.3. The number of nitrogens with zero attached hydrogens (tertiary/aromatic N) is 2. The van der Waals surface area contributed by atoms with Gasteiger partial charge in [-0.05, 0) is 37.1 Å². The van der Waals surface area contributed by atoms with E-state index < -0.39 is 0 Å². The van der Waals surface area contributed by atoms with Gasteiger partial charge in [0.15, 0.2) is 0 Å². The van der Waals surface area contributed by atoms with Crippen LogP contribution in [-0.4, -0.2) is 62.6 Å². The zero-order valence-corrected chi connectivity index (χ0v) is 12.8. The van der Waals surface area contributed by atoms with Crippen LogP contribution in [0.3, 0.4) is 0 Å². The summed E-state index contributed by atoms with van der Waals surface area (Å²) < 4.78 is 4.97. The lowest BCUT2D eigenvalue weighted by Crippen LogP contribution is -2.49. The number of β-amino-alcohol motifs (C(OH)–C–C–N with tert-alkyl or cyclic N) is 1. The molecule has 0 aliphatic carbocycles. The number of aliphatic hydroxyl groups excluding tert-OH is 1. The number of piperazine rings is 1. The smallest absolute Gasteiger partial charge is 0.0900 e. The van der Waals surface area contributed by atoms with Gasteiger partial charge < -0.3 is 14.7 Å². The summed E-state index contributed by atoms with van der Waals surface area (Å²) in [7, 11) is 1.63. The van der Waals surface area contributed by atoms with Gasteiger partial charge in [0.25, 0.3) is 0 Å². The molecule has 1 aromatic rings. The summed E-state index contributed by atoms with van der Waals surface area (Å²) >= 11 is 0. The first-order valence-corrected chi connectivity index (χ1v) is 7.31. The van der Waals surface area contributed by atoms with Gasteiger partial charge in [-0.15, -0.1) is 0 Å². The van der Waals surface area contributed by atoms with Crippen molar-refractivity contribution < 1.29 is 9.84 Å². The zero-order valence-electron chi connectivity index (χ0n) is 12.8. The molecule has 0 aromatic heterocycles. The van der Waals surface area contributed by atoms with Gasteiger partial charge in [0.05, 0.1) is 12.7 Å². The highest BCUT2D eigenvalue weighted by molar-refractivity contribution is 5.51. The van der Waals surface area contributed by atoms with Gasteiger partial charge in [0, 0.05) is 45.5 Å². The van der Waals surface area contributed by atoms with Crippen LogP contribution >= 0.6 is 0 Å². The van der Waals surface area contributed by atoms with Crippen molar-refractivity contribution in [1.29, 1.82) is 0 Å². The number of aryl methyl sites for hydroxylation is 2. The maximum absolute atomic E-state index is 9.77. The lowest BCUT2D eigenvalue weighted by molar-refractivity contribution is 0.0365. The molecule has 1 saturated heterocycles. The minimum Gasteiger partial charge on any atom is -0.389 e. The van der Waals surface area contributed by atoms with Crippen molar-refractivity contribution >= 4 is 5.69 Å². The van der Waals surface area contributed by atoms with Crippen LogP contribution in [0.25, 0.3) is 0 Å². The van der Waals surface area contributed by atoms with Crippen LogP contribution in [0.15, 0.2) is 18.2 Å². The Morgan fingerprint density at radius 3 is 2.45 bits per heavy atom. The molecule has 1 unspecified atom stereocenters. The Bertz CT molecular complexity index is 428. The van der Waals surface area contributed by atoms with Crippen LogP contribution in [0.5, 0.6) is 0 Å². The highest BCUT2D eigenvalue weighted by atomic mass is 16.5. The molecule has 2 rings (SSSR count). The molecule has 1 aromatic carbocycles. The van der Waals surface area contributed by atoms with Gasteiger partial charge >= 0.3 is 0 Å². The molecule has 0 spiro atoms. The largest absolute Gasteiger partial charge is 0.389 e. The second-order valence-corrected chi connectivity index (χ2v) is 5.67. The van der Waals surface area contributed by atoms with Gasteiger partial charge in [0.2, 0.25) is 0 Å². The van der Waals surface area contributed by atoms with Crippen molar-refractivity contribution in [3.63, 3.8) is 0 Å². The topological polar surface area (TPSA) is 35.9 Å². The Hall–Kier alpha value is -1.10. The number of benzene rings is 1. The summed E-state index contributed by atoms with van der Waals surface area (Å²) in [5.74, 6) is 0. The highest BCUT2D eigenvalue weighted by Gasteiger charge is 2.19. The number of hydrogen-bond acceptors (Lipinski definition) is 4. The molecule has 1 N–H and O–H groups in total. The summed E-state index contributed by atoms with van der Waals surface area (Å²) in [6.07, 6.45) is -0.381. The second-order valence-electron chi connectivity index (χ2n) is 5.67. The van der Waals surface area contributed by atoms with Gasteiger partial charge in [-0.25, -0.2) is 0 Å². The first-order valence-electron chi connectivity index (χ1n) is 7.31. The predicted molar refractivity (Wildman–Crippen MR) is 82.5 cm³/mol. The van der Waals surface area contributed by atoms with Crippen molar-refractivity contribution in [2.75, 3.05) is 51.3 Å². The van der Waals surface area contributed by atoms with E-state index in [1.54, 1.807) is 7.11 Å². The minimum absolute atomic E-state index is 0.381. The van der Waals surface area contributed by atoms with Gasteiger partial charge in [-0.1, -0.05) is 6.07 Å². The summed E-state index contributed by atoms with van der Waals surface area (Å²) in [5.41, 5.74) is 4.00. The van der Waals surface area contributed by atoms with Crippen LogP contribution in [0, 0.1) is 13.8 Å². The lowest BCUT2D eigenvalue weighted by atomic mass is 10.1. The fourth-order valence-electron chi connectivity index (χ4n) is 2.65. The molecular weight excluding hydrogens is 252 g/mol. The third-order valence-electron chi connectivity index (χ3n) is 4.06. The third-order valence-corrected chi connectivity index (χ3v) is 4.06. The molecule has 20 heavy (non-hydrogen) atoms. The maximum Gasteiger partial charge on any atom is 0.0900 e. The van der Waals surface area contributed by atoms with Gasteiger partial charge in [-0.3, -0.25) is 4.90 Å². The number of anilines is 1. The van der Waals surface area contributed by atoms with E-state index in [1.807, 2.05) is 0 Å². The van der Waals surface area contributed by atoms with Crippen molar-refractivity contribution in [2.24, 2.45) is 0 Å². The molecule has 4 nitrogen and oxygen atoms in total. The number of methoxy groups -OCH3 is 1. The van der Waals surface area contributed by atoms with E-state index in [1.165, 1.54) is 16.8 Å². The SMILES string of the molecule is COCC(O)CN1CCN(c2ccc(C)c(C)c2)CC1. The molecule has 0 radical (unpaired) electrons. The standard InChI is InChI=1S/C16H26N2O2/c1-13-4-5-15(10-14(13)2)18-8-6-17(7-9-18)11-16(19)12-20-3/h4-5,10,16,19H,6-9,11-12H2,1-3H3. The van der Waals surface area contributed by atoms with E-state index in [0.717, 1.165) is 26.2 Å². The average molecular weight is 278 g/mol. The summed E-state index contributed by atoms with van der Waals surface area (Å²) in [6, 6.07) is 6.67. The molecule has 0 amide bonds. The molecule has 0 saturated carbocycles. The van der Waals surface area contributed by atoms with E-state index in [4.69, 9.17) is 4.74 Å². The molecule has 0 bridgehead atoms. The van der Waals surface area contributed by atoms with Crippen LogP contribution in [0.1, 0.15) is 11.1 Å². The molecule has 1 heterocycles. The average Bonchev–Trinajstić information content (AvgIpc) is 2.43. The molecule has 1 atom stereocenters. The van der Waals surface area contributed by atoms with Crippen LogP contribution in [-0.2, 0) is 4.74 Å². The van der Waals surface area contributed by atoms with E-state index in [-0.39, 0.29) is 6.10 Å². The van der Waals surface area contributed by atoms with Gasteiger partial charge in [-0.2, -0.15) is 0 Å². The van der Waals surface area contributed by atoms with E-state index in [2.05, 4.69) is 41.8 Å². The maximum atomic E-state index is 9.77. The number of hydrogen-bond donors (Lipinski definition) is 1. The Morgan fingerprint density at radius 1 is 1.15 bits per heavy atom. The Labute approximate surface area is 122 Å². The van der Waals surface area contributed by atoms with Crippen LogP contribution in [0.2, 0.25) is 0 Å². The minimum atomic E-state index is -0.381. The summed E-state index contributed by atoms with van der Waals surface area (Å²) in [5, 5.41) is 9.77. The molecule has 4 heteroatoms. The van der Waals surface area contributed by atoms with Gasteiger partial charge in [0.1, 0.15) is 0 Å². The Morgan fingerprint density at radius 2 is 1.85 bits per heavy atom. The lowest BCUT2D eigenvalue weighted by Gasteiger charge is -2.37. The van der Waals surface area contributed by atoms with Crippen molar-refractivity contribution in [3.05, 3.63) is 29.3 Å². The molecule has 1 fully saturated rings. The first-order chi connectivity index (χ1) is 9.60. The quantitative estimate of drug-likeness (QED) is 0.884. The number of rotatable bonds is 5. The Kier molecular flexibility index (Phi) is 5.40. The van der Waals surface area contributed by atoms with Crippen molar-refractivity contribution in [1.82, 2.24) is 4.90 Å². The second kappa shape index (κ2) is 7.07. The monoisotopic (exact) mass is 278 g/mol.